The lowest BCUT2D eigenvalue weighted by molar-refractivity contribution is 0.147. The van der Waals surface area contributed by atoms with Crippen LogP contribution in [0.2, 0.25) is 0 Å². The predicted octanol–water partition coefficient (Wildman–Crippen LogP) is 1.56. The summed E-state index contributed by atoms with van der Waals surface area (Å²) in [5, 5.41) is 0. The van der Waals surface area contributed by atoms with Gasteiger partial charge in [0.15, 0.2) is 0 Å². The highest BCUT2D eigenvalue weighted by Gasteiger charge is 2.32. The van der Waals surface area contributed by atoms with Crippen molar-refractivity contribution in [1.82, 2.24) is 0 Å². The number of allylic oxidation sites excluding steroid dienone is 2. The van der Waals surface area contributed by atoms with Gasteiger partial charge in [0.25, 0.3) is 10.1 Å². The molecule has 0 radical (unpaired) electrons. The van der Waals surface area contributed by atoms with Crippen LogP contribution in [0.3, 0.4) is 0 Å². The van der Waals surface area contributed by atoms with Crippen LogP contribution < -0.4 is 0 Å². The Morgan fingerprint density at radius 3 is 2.57 bits per heavy atom. The molecule has 3 aliphatic rings. The Morgan fingerprint density at radius 2 is 2.14 bits per heavy atom. The number of hydrogen-bond donors (Lipinski definition) is 0. The maximum Gasteiger partial charge on any atom is 0.264 e. The molecule has 3 atom stereocenters. The van der Waals surface area contributed by atoms with Crippen molar-refractivity contribution in [2.45, 2.75) is 19.3 Å². The molecule has 0 aromatic rings. The second-order valence-electron chi connectivity index (χ2n) is 4.37. The third kappa shape index (κ3) is 2.36. The molecule has 3 unspecified atom stereocenters. The maximum atomic E-state index is 10.8. The van der Waals surface area contributed by atoms with Gasteiger partial charge in [0.2, 0.25) is 0 Å². The normalized spacial score (nSPS) is 36.2. The lowest BCUT2D eigenvalue weighted by Crippen LogP contribution is -2.31. The first kappa shape index (κ1) is 10.2. The van der Waals surface area contributed by atoms with Gasteiger partial charge in [-0.05, 0) is 37.0 Å². The summed E-state index contributed by atoms with van der Waals surface area (Å²) in [5.41, 5.74) is 0. The third-order valence-corrected chi connectivity index (χ3v) is 3.77. The molecule has 80 valence electrons. The highest BCUT2D eigenvalue weighted by Crippen LogP contribution is 2.40. The van der Waals surface area contributed by atoms with Gasteiger partial charge in [-0.3, -0.25) is 4.18 Å². The van der Waals surface area contributed by atoms with Crippen LogP contribution in [0.5, 0.6) is 0 Å². The van der Waals surface area contributed by atoms with E-state index in [0.717, 1.165) is 12.7 Å². The van der Waals surface area contributed by atoms with Gasteiger partial charge in [0.1, 0.15) is 0 Å². The average Bonchev–Trinajstić information content (AvgIpc) is 2.16. The minimum absolute atomic E-state index is 0.365. The Hall–Kier alpha value is -0.350. The summed E-state index contributed by atoms with van der Waals surface area (Å²) in [6, 6.07) is 0. The van der Waals surface area contributed by atoms with E-state index in [2.05, 4.69) is 12.2 Å². The van der Waals surface area contributed by atoms with E-state index < -0.39 is 10.1 Å². The summed E-state index contributed by atoms with van der Waals surface area (Å²) in [4.78, 5) is 0. The quantitative estimate of drug-likeness (QED) is 0.531. The molecule has 2 bridgehead atoms. The van der Waals surface area contributed by atoms with Crippen molar-refractivity contribution in [3.05, 3.63) is 12.2 Å². The van der Waals surface area contributed by atoms with E-state index in [1.807, 2.05) is 0 Å². The van der Waals surface area contributed by atoms with E-state index in [1.165, 1.54) is 12.8 Å². The fourth-order valence-electron chi connectivity index (χ4n) is 2.45. The lowest BCUT2D eigenvalue weighted by Gasteiger charge is -2.37. The van der Waals surface area contributed by atoms with E-state index in [9.17, 15) is 8.42 Å². The SMILES string of the molecule is CS(=O)(=O)OCC1CC2C=CC1CC2. The Morgan fingerprint density at radius 1 is 1.36 bits per heavy atom. The molecule has 0 aromatic heterocycles. The largest absolute Gasteiger partial charge is 0.270 e. The lowest BCUT2D eigenvalue weighted by atomic mass is 9.69. The van der Waals surface area contributed by atoms with Crippen LogP contribution in [0.15, 0.2) is 12.2 Å². The Labute approximate surface area is 85.3 Å². The first-order chi connectivity index (χ1) is 6.54. The fraction of sp³-hybridized carbons (Fsp3) is 0.800. The molecule has 0 aromatic carbocycles. The van der Waals surface area contributed by atoms with Crippen molar-refractivity contribution >= 4 is 10.1 Å². The molecule has 4 heteroatoms. The van der Waals surface area contributed by atoms with E-state index in [0.29, 0.717) is 24.4 Å². The van der Waals surface area contributed by atoms with Gasteiger partial charge in [-0.2, -0.15) is 8.42 Å². The summed E-state index contributed by atoms with van der Waals surface area (Å²) in [6.45, 7) is 0.365. The summed E-state index contributed by atoms with van der Waals surface area (Å²) < 4.78 is 26.5. The predicted molar refractivity (Wildman–Crippen MR) is 54.3 cm³/mol. The van der Waals surface area contributed by atoms with Crippen LogP contribution in [0, 0.1) is 17.8 Å². The smallest absolute Gasteiger partial charge is 0.264 e. The molecule has 3 nitrogen and oxygen atoms in total. The monoisotopic (exact) mass is 216 g/mol. The summed E-state index contributed by atoms with van der Waals surface area (Å²) in [5.74, 6) is 1.61. The van der Waals surface area contributed by atoms with Crippen molar-refractivity contribution in [3.63, 3.8) is 0 Å². The van der Waals surface area contributed by atoms with Crippen molar-refractivity contribution in [2.75, 3.05) is 12.9 Å². The van der Waals surface area contributed by atoms with E-state index in [1.54, 1.807) is 0 Å². The number of hydrogen-bond acceptors (Lipinski definition) is 3. The minimum atomic E-state index is -3.26. The van der Waals surface area contributed by atoms with Crippen LogP contribution >= 0.6 is 0 Å². The van der Waals surface area contributed by atoms with Gasteiger partial charge in [0, 0.05) is 0 Å². The van der Waals surface area contributed by atoms with Crippen LogP contribution in [-0.2, 0) is 14.3 Å². The summed E-state index contributed by atoms with van der Waals surface area (Å²) in [6.07, 6.45) is 9.16. The molecule has 0 amide bonds. The van der Waals surface area contributed by atoms with Crippen LogP contribution in [-0.4, -0.2) is 21.3 Å². The molecule has 0 aliphatic heterocycles. The van der Waals surface area contributed by atoms with Crippen molar-refractivity contribution < 1.29 is 12.6 Å². The van der Waals surface area contributed by atoms with Gasteiger partial charge < -0.3 is 0 Å². The average molecular weight is 216 g/mol. The summed E-state index contributed by atoms with van der Waals surface area (Å²) in [7, 11) is -3.26. The molecule has 3 rings (SSSR count). The van der Waals surface area contributed by atoms with E-state index in [-0.39, 0.29) is 0 Å². The standard InChI is InChI=1S/C10H16O3S/c1-14(11,12)13-7-10-6-8-2-4-9(10)5-3-8/h2,4,8-10H,3,5-7H2,1H3. The van der Waals surface area contributed by atoms with Crippen LogP contribution in [0.25, 0.3) is 0 Å². The molecular weight excluding hydrogens is 200 g/mol. The molecule has 0 heterocycles. The van der Waals surface area contributed by atoms with Gasteiger partial charge in [-0.1, -0.05) is 12.2 Å². The molecule has 3 aliphatic carbocycles. The zero-order chi connectivity index (χ0) is 10.2. The zero-order valence-electron chi connectivity index (χ0n) is 8.35. The van der Waals surface area contributed by atoms with Crippen molar-refractivity contribution in [2.24, 2.45) is 17.8 Å². The minimum Gasteiger partial charge on any atom is -0.270 e. The second kappa shape index (κ2) is 3.66. The molecule has 1 fully saturated rings. The Balaban J connectivity index is 1.92. The Kier molecular flexibility index (Phi) is 2.66. The molecule has 14 heavy (non-hydrogen) atoms. The summed E-state index contributed by atoms with van der Waals surface area (Å²) >= 11 is 0. The highest BCUT2D eigenvalue weighted by molar-refractivity contribution is 7.85. The fourth-order valence-corrected chi connectivity index (χ4v) is 2.88. The molecule has 0 saturated heterocycles. The van der Waals surface area contributed by atoms with Gasteiger partial charge in [-0.15, -0.1) is 0 Å². The molecule has 0 N–H and O–H groups in total. The van der Waals surface area contributed by atoms with Gasteiger partial charge >= 0.3 is 0 Å². The molecule has 0 spiro atoms. The topological polar surface area (TPSA) is 43.4 Å². The third-order valence-electron chi connectivity index (χ3n) is 3.21. The highest BCUT2D eigenvalue weighted by atomic mass is 32.2. The maximum absolute atomic E-state index is 10.8. The van der Waals surface area contributed by atoms with Crippen molar-refractivity contribution in [1.29, 1.82) is 0 Å². The van der Waals surface area contributed by atoms with Gasteiger partial charge in [-0.25, -0.2) is 0 Å². The number of fused-ring (bicyclic) bond motifs is 2. The second-order valence-corrected chi connectivity index (χ2v) is 6.01. The van der Waals surface area contributed by atoms with Crippen LogP contribution in [0.4, 0.5) is 0 Å². The Bertz CT molecular complexity index is 331. The number of rotatable bonds is 3. The molecule has 1 saturated carbocycles. The van der Waals surface area contributed by atoms with Crippen molar-refractivity contribution in [3.8, 4) is 0 Å². The zero-order valence-corrected chi connectivity index (χ0v) is 9.16. The van der Waals surface area contributed by atoms with E-state index in [4.69, 9.17) is 4.18 Å². The first-order valence-corrected chi connectivity index (χ1v) is 6.89. The molecular formula is C10H16O3S. The van der Waals surface area contributed by atoms with E-state index >= 15 is 0 Å². The van der Waals surface area contributed by atoms with Crippen LogP contribution in [0.1, 0.15) is 19.3 Å². The van der Waals surface area contributed by atoms with Gasteiger partial charge in [0.05, 0.1) is 12.9 Å². The first-order valence-electron chi connectivity index (χ1n) is 5.07.